The van der Waals surface area contributed by atoms with E-state index in [1.54, 1.807) is 31.2 Å². The van der Waals surface area contributed by atoms with E-state index in [-0.39, 0.29) is 5.91 Å². The molecule has 0 spiro atoms. The number of rotatable bonds is 6. The third kappa shape index (κ3) is 4.96. The van der Waals surface area contributed by atoms with Crippen LogP contribution in [0.3, 0.4) is 0 Å². The van der Waals surface area contributed by atoms with E-state index in [1.807, 2.05) is 6.07 Å². The monoisotopic (exact) mass is 338 g/mol. The van der Waals surface area contributed by atoms with Gasteiger partial charge in [-0.2, -0.15) is 0 Å². The minimum atomic E-state index is -3.53. The molecule has 6 heteroatoms. The van der Waals surface area contributed by atoms with Gasteiger partial charge in [0.05, 0.1) is 11.9 Å². The molecule has 1 N–H and O–H groups in total. The van der Waals surface area contributed by atoms with Crippen molar-refractivity contribution >= 4 is 21.6 Å². The summed E-state index contributed by atoms with van der Waals surface area (Å²) in [5.41, 5.74) is 0.510. The summed E-state index contributed by atoms with van der Waals surface area (Å²) in [6.45, 7) is 2.26. The number of carbonyl (C=O) groups is 1. The Morgan fingerprint density at radius 2 is 1.83 bits per heavy atom. The first-order valence-electron chi connectivity index (χ1n) is 8.22. The van der Waals surface area contributed by atoms with Crippen molar-refractivity contribution in [2.24, 2.45) is 5.92 Å². The molecule has 1 atom stereocenters. The van der Waals surface area contributed by atoms with E-state index in [4.69, 9.17) is 0 Å². The van der Waals surface area contributed by atoms with Crippen LogP contribution in [0.1, 0.15) is 39.0 Å². The van der Waals surface area contributed by atoms with Crippen molar-refractivity contribution in [2.75, 3.05) is 17.1 Å². The van der Waals surface area contributed by atoms with E-state index >= 15 is 0 Å². The molecule has 1 fully saturated rings. The maximum absolute atomic E-state index is 12.4. The average molecular weight is 338 g/mol. The van der Waals surface area contributed by atoms with Crippen LogP contribution in [0.15, 0.2) is 30.3 Å². The van der Waals surface area contributed by atoms with E-state index in [0.29, 0.717) is 18.2 Å². The van der Waals surface area contributed by atoms with Crippen LogP contribution in [0.4, 0.5) is 5.69 Å². The maximum atomic E-state index is 12.4. The van der Waals surface area contributed by atoms with Gasteiger partial charge in [0.2, 0.25) is 15.9 Å². The van der Waals surface area contributed by atoms with Gasteiger partial charge in [-0.05, 0) is 37.8 Å². The Morgan fingerprint density at radius 3 is 2.39 bits per heavy atom. The van der Waals surface area contributed by atoms with E-state index in [9.17, 15) is 13.2 Å². The van der Waals surface area contributed by atoms with Gasteiger partial charge in [-0.3, -0.25) is 9.10 Å². The Labute approximate surface area is 139 Å². The fourth-order valence-corrected chi connectivity index (χ4v) is 4.34. The molecule has 1 aliphatic carbocycles. The van der Waals surface area contributed by atoms with Crippen LogP contribution < -0.4 is 9.62 Å². The van der Waals surface area contributed by atoms with Gasteiger partial charge in [-0.25, -0.2) is 8.42 Å². The van der Waals surface area contributed by atoms with Crippen LogP contribution in [0.2, 0.25) is 0 Å². The van der Waals surface area contributed by atoms with E-state index in [0.717, 1.165) is 19.1 Å². The number of nitrogens with zero attached hydrogens (tertiary/aromatic N) is 1. The molecule has 0 saturated heterocycles. The fraction of sp³-hybridized carbons (Fsp3) is 0.588. The Morgan fingerprint density at radius 1 is 1.22 bits per heavy atom. The summed E-state index contributed by atoms with van der Waals surface area (Å²) in [5.74, 6) is 0.271. The normalized spacial score (nSPS) is 17.5. The molecule has 0 unspecified atom stereocenters. The number of para-hydroxylation sites is 1. The summed E-state index contributed by atoms with van der Waals surface area (Å²) in [4.78, 5) is 12.4. The molecule has 23 heavy (non-hydrogen) atoms. The quantitative estimate of drug-likeness (QED) is 0.867. The topological polar surface area (TPSA) is 66.5 Å². The predicted octanol–water partition coefficient (Wildman–Crippen LogP) is 2.54. The van der Waals surface area contributed by atoms with Gasteiger partial charge in [0.1, 0.15) is 6.04 Å². The van der Waals surface area contributed by atoms with Crippen LogP contribution in [0.5, 0.6) is 0 Å². The molecule has 0 radical (unpaired) electrons. The Bertz CT molecular complexity index is 610. The summed E-state index contributed by atoms with van der Waals surface area (Å²) in [5, 5.41) is 2.93. The van der Waals surface area contributed by atoms with Crippen molar-refractivity contribution in [2.45, 2.75) is 45.1 Å². The third-order valence-electron chi connectivity index (χ3n) is 4.39. The second-order valence-corrected chi connectivity index (χ2v) is 8.18. The van der Waals surface area contributed by atoms with Gasteiger partial charge < -0.3 is 5.32 Å². The highest BCUT2D eigenvalue weighted by atomic mass is 32.2. The van der Waals surface area contributed by atoms with Crippen molar-refractivity contribution in [1.29, 1.82) is 0 Å². The molecule has 1 aliphatic rings. The molecule has 0 aliphatic heterocycles. The maximum Gasteiger partial charge on any atom is 0.243 e. The van der Waals surface area contributed by atoms with Gasteiger partial charge in [-0.1, -0.05) is 37.5 Å². The number of sulfonamides is 1. The molecule has 1 saturated carbocycles. The van der Waals surface area contributed by atoms with Crippen molar-refractivity contribution in [3.63, 3.8) is 0 Å². The lowest BCUT2D eigenvalue weighted by atomic mass is 9.89. The van der Waals surface area contributed by atoms with Crippen molar-refractivity contribution in [3.05, 3.63) is 30.3 Å². The molecule has 1 aromatic carbocycles. The molecule has 1 amide bonds. The van der Waals surface area contributed by atoms with Crippen LogP contribution in [-0.2, 0) is 14.8 Å². The van der Waals surface area contributed by atoms with Gasteiger partial charge in [0.25, 0.3) is 0 Å². The number of amides is 1. The van der Waals surface area contributed by atoms with Crippen molar-refractivity contribution in [3.8, 4) is 0 Å². The number of benzene rings is 1. The summed E-state index contributed by atoms with van der Waals surface area (Å²) < 4.78 is 25.4. The second-order valence-electron chi connectivity index (χ2n) is 6.32. The number of hydrogen-bond acceptors (Lipinski definition) is 3. The Kier molecular flexibility index (Phi) is 6.04. The number of hydrogen-bond donors (Lipinski definition) is 1. The third-order valence-corrected chi connectivity index (χ3v) is 5.63. The molecule has 1 aromatic rings. The average Bonchev–Trinajstić information content (AvgIpc) is 2.53. The van der Waals surface area contributed by atoms with E-state index in [1.165, 1.54) is 23.6 Å². The Balaban J connectivity index is 2.05. The van der Waals surface area contributed by atoms with Crippen LogP contribution in [-0.4, -0.2) is 33.2 Å². The zero-order valence-electron chi connectivity index (χ0n) is 13.9. The predicted molar refractivity (Wildman–Crippen MR) is 92.8 cm³/mol. The minimum Gasteiger partial charge on any atom is -0.354 e. The molecular formula is C17H26N2O3S. The van der Waals surface area contributed by atoms with Crippen molar-refractivity contribution in [1.82, 2.24) is 5.32 Å². The molecule has 0 bridgehead atoms. The highest BCUT2D eigenvalue weighted by Crippen LogP contribution is 2.23. The summed E-state index contributed by atoms with van der Waals surface area (Å²) >= 11 is 0. The first-order valence-corrected chi connectivity index (χ1v) is 10.1. The first kappa shape index (κ1) is 17.8. The van der Waals surface area contributed by atoms with Gasteiger partial charge >= 0.3 is 0 Å². The lowest BCUT2D eigenvalue weighted by Gasteiger charge is -2.29. The molecule has 2 rings (SSSR count). The Hall–Kier alpha value is -1.56. The van der Waals surface area contributed by atoms with Crippen LogP contribution >= 0.6 is 0 Å². The largest absolute Gasteiger partial charge is 0.354 e. The van der Waals surface area contributed by atoms with Gasteiger partial charge in [0, 0.05) is 6.54 Å². The summed E-state index contributed by atoms with van der Waals surface area (Å²) in [6.07, 6.45) is 7.12. The van der Waals surface area contributed by atoms with Crippen LogP contribution in [0.25, 0.3) is 0 Å². The standard InChI is InChI=1S/C17H26N2O3S/c1-14(17(20)18-13-15-9-5-3-6-10-15)19(23(2,21)22)16-11-7-4-8-12-16/h4,7-8,11-12,14-15H,3,5-6,9-10,13H2,1-2H3,(H,18,20)/t14-/m1/s1. The number of anilines is 1. The molecular weight excluding hydrogens is 312 g/mol. The fourth-order valence-electron chi connectivity index (χ4n) is 3.17. The van der Waals surface area contributed by atoms with E-state index in [2.05, 4.69) is 5.32 Å². The lowest BCUT2D eigenvalue weighted by Crippen LogP contribution is -2.48. The summed E-state index contributed by atoms with van der Waals surface area (Å²) in [6, 6.07) is 7.98. The van der Waals surface area contributed by atoms with Gasteiger partial charge in [-0.15, -0.1) is 0 Å². The first-order chi connectivity index (χ1) is 10.9. The summed E-state index contributed by atoms with van der Waals surface area (Å²) in [7, 11) is -3.53. The molecule has 5 nitrogen and oxygen atoms in total. The number of carbonyl (C=O) groups excluding carboxylic acids is 1. The zero-order chi connectivity index (χ0) is 16.9. The van der Waals surface area contributed by atoms with E-state index < -0.39 is 16.1 Å². The SMILES string of the molecule is C[C@H](C(=O)NCC1CCCCC1)N(c1ccccc1)S(C)(=O)=O. The zero-order valence-corrected chi connectivity index (χ0v) is 14.7. The van der Waals surface area contributed by atoms with Crippen molar-refractivity contribution < 1.29 is 13.2 Å². The molecule has 0 heterocycles. The highest BCUT2D eigenvalue weighted by molar-refractivity contribution is 7.92. The van der Waals surface area contributed by atoms with Gasteiger partial charge in [0.15, 0.2) is 0 Å². The van der Waals surface area contributed by atoms with Crippen LogP contribution in [0, 0.1) is 5.92 Å². The minimum absolute atomic E-state index is 0.246. The molecule has 0 aromatic heterocycles. The highest BCUT2D eigenvalue weighted by Gasteiger charge is 2.29. The smallest absolute Gasteiger partial charge is 0.243 e. The number of nitrogens with one attached hydrogen (secondary N) is 1. The second kappa shape index (κ2) is 7.81. The molecule has 128 valence electrons. The lowest BCUT2D eigenvalue weighted by molar-refractivity contribution is -0.122.